The average Bonchev–Trinajstić information content (AvgIpc) is 2.61. The lowest BCUT2D eigenvalue weighted by molar-refractivity contribution is 0.0240. The van der Waals surface area contributed by atoms with Crippen LogP contribution in [-0.4, -0.2) is 47.8 Å². The molecule has 0 spiro atoms. The van der Waals surface area contributed by atoms with Crippen LogP contribution in [0.25, 0.3) is 11.1 Å². The van der Waals surface area contributed by atoms with Crippen molar-refractivity contribution < 1.29 is 9.53 Å². The second kappa shape index (κ2) is 7.13. The topological polar surface area (TPSA) is 45.7 Å². The lowest BCUT2D eigenvalue weighted by atomic mass is 10.0. The standard InChI is InChI=1S/C20H25N3O2/c1-20(2,3)25-19(24)23-13-11-22(12-14-23)18-15-21-10-9-17(18)16-7-5-4-6-8-16/h4-10,15H,11-14H2,1-3H3. The Balaban J connectivity index is 1.71. The highest BCUT2D eigenvalue weighted by molar-refractivity contribution is 5.78. The van der Waals surface area contributed by atoms with Gasteiger partial charge < -0.3 is 14.5 Å². The van der Waals surface area contributed by atoms with Crippen LogP contribution in [0, 0.1) is 0 Å². The second-order valence-electron chi connectivity index (χ2n) is 7.21. The predicted molar refractivity (Wildman–Crippen MR) is 99.7 cm³/mol. The molecular weight excluding hydrogens is 314 g/mol. The Bertz CT molecular complexity index is 717. The molecule has 5 nitrogen and oxygen atoms in total. The number of benzene rings is 1. The number of anilines is 1. The van der Waals surface area contributed by atoms with Gasteiger partial charge in [0.2, 0.25) is 0 Å². The number of amides is 1. The summed E-state index contributed by atoms with van der Waals surface area (Å²) in [7, 11) is 0. The fourth-order valence-corrected chi connectivity index (χ4v) is 2.96. The minimum atomic E-state index is -0.460. The van der Waals surface area contributed by atoms with Gasteiger partial charge in [-0.1, -0.05) is 30.3 Å². The summed E-state index contributed by atoms with van der Waals surface area (Å²) in [5.74, 6) is 0. The van der Waals surface area contributed by atoms with E-state index in [9.17, 15) is 4.79 Å². The zero-order chi connectivity index (χ0) is 17.9. The average molecular weight is 339 g/mol. The van der Waals surface area contributed by atoms with E-state index in [1.807, 2.05) is 57.4 Å². The molecule has 3 rings (SSSR count). The number of pyridine rings is 1. The van der Waals surface area contributed by atoms with E-state index < -0.39 is 5.60 Å². The first kappa shape index (κ1) is 17.3. The van der Waals surface area contributed by atoms with Gasteiger partial charge in [0, 0.05) is 37.9 Å². The molecule has 132 valence electrons. The minimum absolute atomic E-state index is 0.235. The molecule has 0 radical (unpaired) electrons. The van der Waals surface area contributed by atoms with Crippen molar-refractivity contribution >= 4 is 11.8 Å². The summed E-state index contributed by atoms with van der Waals surface area (Å²) in [4.78, 5) is 20.6. The van der Waals surface area contributed by atoms with Crippen LogP contribution in [0.4, 0.5) is 10.5 Å². The van der Waals surface area contributed by atoms with E-state index in [1.54, 1.807) is 4.90 Å². The monoisotopic (exact) mass is 339 g/mol. The van der Waals surface area contributed by atoms with Gasteiger partial charge in [-0.25, -0.2) is 4.79 Å². The first-order chi connectivity index (χ1) is 11.9. The zero-order valence-electron chi connectivity index (χ0n) is 15.1. The summed E-state index contributed by atoms with van der Waals surface area (Å²) in [6.45, 7) is 8.51. The summed E-state index contributed by atoms with van der Waals surface area (Å²) < 4.78 is 5.47. The van der Waals surface area contributed by atoms with Gasteiger partial charge >= 0.3 is 6.09 Å². The molecule has 5 heteroatoms. The first-order valence-corrected chi connectivity index (χ1v) is 8.66. The van der Waals surface area contributed by atoms with E-state index in [4.69, 9.17) is 4.74 Å². The van der Waals surface area contributed by atoms with Crippen LogP contribution in [0.15, 0.2) is 48.8 Å². The van der Waals surface area contributed by atoms with Gasteiger partial charge in [0.1, 0.15) is 5.60 Å². The van der Waals surface area contributed by atoms with Crippen molar-refractivity contribution in [1.29, 1.82) is 0 Å². The molecule has 0 atom stereocenters. The lowest BCUT2D eigenvalue weighted by Gasteiger charge is -2.37. The molecule has 1 fully saturated rings. The lowest BCUT2D eigenvalue weighted by Crippen LogP contribution is -2.50. The van der Waals surface area contributed by atoms with Crippen LogP contribution < -0.4 is 4.90 Å². The maximum atomic E-state index is 12.2. The zero-order valence-corrected chi connectivity index (χ0v) is 15.1. The van der Waals surface area contributed by atoms with Crippen molar-refractivity contribution in [3.63, 3.8) is 0 Å². The van der Waals surface area contributed by atoms with Crippen molar-refractivity contribution in [2.24, 2.45) is 0 Å². The number of hydrogen-bond acceptors (Lipinski definition) is 4. The third-order valence-corrected chi connectivity index (χ3v) is 4.16. The Morgan fingerprint density at radius 3 is 2.36 bits per heavy atom. The fraction of sp³-hybridized carbons (Fsp3) is 0.400. The van der Waals surface area contributed by atoms with E-state index in [0.717, 1.165) is 18.8 Å². The molecule has 2 heterocycles. The number of carbonyl (C=O) groups is 1. The van der Waals surface area contributed by atoms with E-state index in [0.29, 0.717) is 13.1 Å². The molecule has 0 aliphatic carbocycles. The largest absolute Gasteiger partial charge is 0.444 e. The molecule has 1 aromatic heterocycles. The van der Waals surface area contributed by atoms with Crippen LogP contribution in [0.1, 0.15) is 20.8 Å². The Labute approximate surface area is 149 Å². The van der Waals surface area contributed by atoms with Crippen molar-refractivity contribution in [3.05, 3.63) is 48.8 Å². The quantitative estimate of drug-likeness (QED) is 0.835. The fourth-order valence-electron chi connectivity index (χ4n) is 2.96. The van der Waals surface area contributed by atoms with E-state index in [1.165, 1.54) is 11.1 Å². The SMILES string of the molecule is CC(C)(C)OC(=O)N1CCN(c2cnccc2-c2ccccc2)CC1. The minimum Gasteiger partial charge on any atom is -0.444 e. The maximum absolute atomic E-state index is 12.2. The molecule has 1 aliphatic heterocycles. The molecule has 1 saturated heterocycles. The Hall–Kier alpha value is -2.56. The number of piperazine rings is 1. The molecule has 1 aromatic carbocycles. The Kier molecular flexibility index (Phi) is 4.93. The van der Waals surface area contributed by atoms with Crippen LogP contribution in [0.3, 0.4) is 0 Å². The summed E-state index contributed by atoms with van der Waals surface area (Å²) in [6, 6.07) is 12.4. The van der Waals surface area contributed by atoms with Crippen molar-refractivity contribution in [2.45, 2.75) is 26.4 Å². The van der Waals surface area contributed by atoms with Crippen LogP contribution in [0.2, 0.25) is 0 Å². The highest BCUT2D eigenvalue weighted by Crippen LogP contribution is 2.30. The number of aromatic nitrogens is 1. The van der Waals surface area contributed by atoms with Crippen molar-refractivity contribution in [1.82, 2.24) is 9.88 Å². The van der Waals surface area contributed by atoms with Crippen LogP contribution in [0.5, 0.6) is 0 Å². The molecule has 1 aliphatic rings. The predicted octanol–water partition coefficient (Wildman–Crippen LogP) is 3.81. The van der Waals surface area contributed by atoms with Crippen LogP contribution >= 0.6 is 0 Å². The number of hydrogen-bond donors (Lipinski definition) is 0. The smallest absolute Gasteiger partial charge is 0.410 e. The van der Waals surface area contributed by atoms with Gasteiger partial charge in [0.15, 0.2) is 0 Å². The van der Waals surface area contributed by atoms with E-state index in [2.05, 4.69) is 22.0 Å². The van der Waals surface area contributed by atoms with E-state index in [-0.39, 0.29) is 6.09 Å². The van der Waals surface area contributed by atoms with Gasteiger partial charge in [-0.2, -0.15) is 0 Å². The van der Waals surface area contributed by atoms with Gasteiger partial charge in [-0.05, 0) is 32.4 Å². The Morgan fingerprint density at radius 1 is 1.04 bits per heavy atom. The number of ether oxygens (including phenoxy) is 1. The van der Waals surface area contributed by atoms with Crippen LogP contribution in [-0.2, 0) is 4.74 Å². The maximum Gasteiger partial charge on any atom is 0.410 e. The second-order valence-corrected chi connectivity index (χ2v) is 7.21. The van der Waals surface area contributed by atoms with Gasteiger partial charge in [-0.3, -0.25) is 4.98 Å². The molecule has 0 N–H and O–H groups in total. The normalized spacial score (nSPS) is 15.2. The number of rotatable bonds is 2. The third kappa shape index (κ3) is 4.29. The summed E-state index contributed by atoms with van der Waals surface area (Å²) in [5.41, 5.74) is 2.99. The van der Waals surface area contributed by atoms with Gasteiger partial charge in [-0.15, -0.1) is 0 Å². The Morgan fingerprint density at radius 2 is 1.72 bits per heavy atom. The summed E-state index contributed by atoms with van der Waals surface area (Å²) in [6.07, 6.45) is 3.50. The van der Waals surface area contributed by atoms with E-state index >= 15 is 0 Å². The molecule has 2 aromatic rings. The summed E-state index contributed by atoms with van der Waals surface area (Å²) >= 11 is 0. The summed E-state index contributed by atoms with van der Waals surface area (Å²) in [5, 5.41) is 0. The highest BCUT2D eigenvalue weighted by Gasteiger charge is 2.26. The first-order valence-electron chi connectivity index (χ1n) is 8.66. The molecule has 0 saturated carbocycles. The van der Waals surface area contributed by atoms with Crippen molar-refractivity contribution in [3.8, 4) is 11.1 Å². The molecule has 1 amide bonds. The highest BCUT2D eigenvalue weighted by atomic mass is 16.6. The van der Waals surface area contributed by atoms with Gasteiger partial charge in [0.25, 0.3) is 0 Å². The third-order valence-electron chi connectivity index (χ3n) is 4.16. The molecule has 0 unspecified atom stereocenters. The van der Waals surface area contributed by atoms with Gasteiger partial charge in [0.05, 0.1) is 11.9 Å². The molecule has 0 bridgehead atoms. The van der Waals surface area contributed by atoms with Crippen molar-refractivity contribution in [2.75, 3.05) is 31.1 Å². The number of nitrogens with zero attached hydrogens (tertiary/aromatic N) is 3. The number of carbonyl (C=O) groups excluding carboxylic acids is 1. The molecular formula is C20H25N3O2. The molecule has 25 heavy (non-hydrogen) atoms.